The molecule has 0 saturated carbocycles. The minimum absolute atomic E-state index is 0.127. The summed E-state index contributed by atoms with van der Waals surface area (Å²) in [5, 5.41) is 38.4. The monoisotopic (exact) mass is 426 g/mol. The number of aliphatic hydroxyl groups is 4. The minimum atomic E-state index is 0.127. The maximum atomic E-state index is 9.61. The predicted octanol–water partition coefficient (Wildman–Crippen LogP) is 1.89. The molecule has 6 nitrogen and oxygen atoms in total. The summed E-state index contributed by atoms with van der Waals surface area (Å²) in [7, 11) is 0. The minimum Gasteiger partial charge on any atom is -0.391 e. The molecule has 0 atom stereocenters. The van der Waals surface area contributed by atoms with Gasteiger partial charge in [-0.3, -0.25) is 0 Å². The lowest BCUT2D eigenvalue weighted by molar-refractivity contribution is -0.941. The Morgan fingerprint density at radius 2 is 0.833 bits per heavy atom. The fourth-order valence-electron chi connectivity index (χ4n) is 4.51. The van der Waals surface area contributed by atoms with Crippen LogP contribution in [0.25, 0.3) is 0 Å². The molecule has 0 unspecified atom stereocenters. The molecule has 0 radical (unpaired) electrons. The van der Waals surface area contributed by atoms with Gasteiger partial charge in [-0.15, -0.1) is 0 Å². The number of hydrogen-bond acceptors (Lipinski definition) is 4. The summed E-state index contributed by atoms with van der Waals surface area (Å²) in [5.41, 5.74) is 2.43. The van der Waals surface area contributed by atoms with Gasteiger partial charge in [-0.25, -0.2) is 0 Å². The van der Waals surface area contributed by atoms with E-state index in [2.05, 4.69) is 38.1 Å². The number of rotatable bonds is 18. The second-order valence-corrected chi connectivity index (χ2v) is 8.76. The van der Waals surface area contributed by atoms with E-state index in [4.69, 9.17) is 0 Å². The highest BCUT2D eigenvalue weighted by Crippen LogP contribution is 2.20. The first-order valence-electron chi connectivity index (χ1n) is 11.7. The van der Waals surface area contributed by atoms with Crippen LogP contribution in [-0.2, 0) is 13.1 Å². The zero-order valence-corrected chi connectivity index (χ0v) is 19.3. The van der Waals surface area contributed by atoms with Crippen molar-refractivity contribution in [3.05, 3.63) is 35.4 Å². The molecule has 0 fully saturated rings. The lowest BCUT2D eigenvalue weighted by atomic mass is 10.1. The standard InChI is InChI=1S/C24H46N2O4/c1-3-5-11-25(13-17-27,14-18-28)21-23-7-9-24(10-8-23)22-26(15-19-29,16-20-30)12-6-4-2/h7-10,27-30H,3-6,11-22H2,1-2H3/q+2. The van der Waals surface area contributed by atoms with Gasteiger partial charge in [0.05, 0.1) is 39.5 Å². The normalized spacial score (nSPS) is 12.5. The molecule has 30 heavy (non-hydrogen) atoms. The van der Waals surface area contributed by atoms with Gasteiger partial charge >= 0.3 is 0 Å². The summed E-state index contributed by atoms with van der Waals surface area (Å²) < 4.78 is 1.43. The zero-order chi connectivity index (χ0) is 22.3. The fraction of sp³-hybridized carbons (Fsp3) is 0.750. The van der Waals surface area contributed by atoms with E-state index in [1.165, 1.54) is 11.1 Å². The van der Waals surface area contributed by atoms with E-state index in [9.17, 15) is 20.4 Å². The first-order valence-corrected chi connectivity index (χ1v) is 11.7. The number of unbranched alkanes of at least 4 members (excludes halogenated alkanes) is 2. The highest BCUT2D eigenvalue weighted by atomic mass is 16.3. The Morgan fingerprint density at radius 3 is 1.07 bits per heavy atom. The quantitative estimate of drug-likeness (QED) is 0.270. The van der Waals surface area contributed by atoms with E-state index in [1.807, 2.05) is 0 Å². The highest BCUT2D eigenvalue weighted by molar-refractivity contribution is 5.21. The highest BCUT2D eigenvalue weighted by Gasteiger charge is 2.28. The Balaban J connectivity index is 2.97. The van der Waals surface area contributed by atoms with Gasteiger partial charge in [-0.05, 0) is 12.8 Å². The molecule has 0 aliphatic carbocycles. The molecule has 0 saturated heterocycles. The molecular formula is C24H46N2O4+2. The Kier molecular flexibility index (Phi) is 13.4. The molecular weight excluding hydrogens is 380 g/mol. The number of nitrogens with zero attached hydrogens (tertiary/aromatic N) is 2. The van der Waals surface area contributed by atoms with Gasteiger partial charge in [0, 0.05) is 11.1 Å². The fourth-order valence-corrected chi connectivity index (χ4v) is 4.51. The average Bonchev–Trinajstić information content (AvgIpc) is 2.73. The van der Waals surface area contributed by atoms with Gasteiger partial charge in [0.2, 0.25) is 0 Å². The molecule has 0 aliphatic rings. The van der Waals surface area contributed by atoms with Crippen molar-refractivity contribution in [3.63, 3.8) is 0 Å². The summed E-state index contributed by atoms with van der Waals surface area (Å²) in [6.45, 7) is 11.0. The molecule has 0 amide bonds. The SMILES string of the molecule is CCCC[N+](CCO)(CCO)Cc1ccc(C[N+](CCO)(CCO)CCCC)cc1. The van der Waals surface area contributed by atoms with Crippen molar-refractivity contribution in [2.75, 3.05) is 65.7 Å². The first-order chi connectivity index (χ1) is 14.5. The Morgan fingerprint density at radius 1 is 0.533 bits per heavy atom. The van der Waals surface area contributed by atoms with Crippen molar-refractivity contribution < 1.29 is 29.4 Å². The average molecular weight is 427 g/mol. The van der Waals surface area contributed by atoms with E-state index in [1.54, 1.807) is 0 Å². The molecule has 0 heterocycles. The number of hydrogen-bond donors (Lipinski definition) is 4. The molecule has 1 aromatic carbocycles. The first kappa shape index (κ1) is 27.0. The van der Waals surface area contributed by atoms with Crippen LogP contribution in [0.15, 0.2) is 24.3 Å². The number of benzene rings is 1. The predicted molar refractivity (Wildman–Crippen MR) is 122 cm³/mol. The lowest BCUT2D eigenvalue weighted by Gasteiger charge is -2.39. The largest absolute Gasteiger partial charge is 0.391 e. The zero-order valence-electron chi connectivity index (χ0n) is 19.3. The van der Waals surface area contributed by atoms with Crippen molar-refractivity contribution in [2.45, 2.75) is 52.6 Å². The smallest absolute Gasteiger partial charge is 0.104 e. The Bertz CT molecular complexity index is 490. The van der Waals surface area contributed by atoms with Gasteiger partial charge in [-0.1, -0.05) is 51.0 Å². The lowest BCUT2D eigenvalue weighted by Crippen LogP contribution is -2.51. The van der Waals surface area contributed by atoms with E-state index >= 15 is 0 Å². The van der Waals surface area contributed by atoms with Crippen LogP contribution in [-0.4, -0.2) is 95.1 Å². The summed E-state index contributed by atoms with van der Waals surface area (Å²) in [5.74, 6) is 0. The van der Waals surface area contributed by atoms with Crippen LogP contribution in [0.5, 0.6) is 0 Å². The topological polar surface area (TPSA) is 80.9 Å². The molecule has 4 N–H and O–H groups in total. The van der Waals surface area contributed by atoms with Crippen LogP contribution in [0.1, 0.15) is 50.7 Å². The maximum absolute atomic E-state index is 9.61. The molecule has 1 aromatic rings. The number of quaternary nitrogens is 2. The maximum Gasteiger partial charge on any atom is 0.104 e. The summed E-state index contributed by atoms with van der Waals surface area (Å²) in [6, 6.07) is 8.65. The van der Waals surface area contributed by atoms with Crippen molar-refractivity contribution in [1.82, 2.24) is 0 Å². The number of aliphatic hydroxyl groups excluding tert-OH is 4. The molecule has 0 bridgehead atoms. The van der Waals surface area contributed by atoms with Crippen LogP contribution in [0.3, 0.4) is 0 Å². The second-order valence-electron chi connectivity index (χ2n) is 8.76. The van der Waals surface area contributed by atoms with Gasteiger partial charge in [0.1, 0.15) is 39.3 Å². The van der Waals surface area contributed by atoms with E-state index in [-0.39, 0.29) is 26.4 Å². The molecule has 174 valence electrons. The third kappa shape index (κ3) is 9.00. The van der Waals surface area contributed by atoms with Gasteiger partial charge in [-0.2, -0.15) is 0 Å². The Labute approximate surface area is 183 Å². The third-order valence-corrected chi connectivity index (χ3v) is 6.33. The summed E-state index contributed by atoms with van der Waals surface area (Å²) in [4.78, 5) is 0. The van der Waals surface area contributed by atoms with Crippen LogP contribution < -0.4 is 0 Å². The van der Waals surface area contributed by atoms with Crippen molar-refractivity contribution >= 4 is 0 Å². The molecule has 0 spiro atoms. The van der Waals surface area contributed by atoms with Crippen molar-refractivity contribution in [3.8, 4) is 0 Å². The van der Waals surface area contributed by atoms with E-state index < -0.39 is 0 Å². The van der Waals surface area contributed by atoms with Crippen LogP contribution >= 0.6 is 0 Å². The summed E-state index contributed by atoms with van der Waals surface area (Å²) >= 11 is 0. The van der Waals surface area contributed by atoms with Gasteiger partial charge in [0.25, 0.3) is 0 Å². The van der Waals surface area contributed by atoms with Crippen molar-refractivity contribution in [2.24, 2.45) is 0 Å². The molecule has 1 rings (SSSR count). The van der Waals surface area contributed by atoms with Gasteiger partial charge < -0.3 is 29.4 Å². The van der Waals surface area contributed by atoms with Crippen LogP contribution in [0.4, 0.5) is 0 Å². The molecule has 6 heteroatoms. The van der Waals surface area contributed by atoms with Crippen LogP contribution in [0.2, 0.25) is 0 Å². The Hall–Kier alpha value is -1.02. The van der Waals surface area contributed by atoms with Crippen LogP contribution in [0, 0.1) is 0 Å². The molecule has 0 aromatic heterocycles. The molecule has 0 aliphatic heterocycles. The van der Waals surface area contributed by atoms with Gasteiger partial charge in [0.15, 0.2) is 0 Å². The van der Waals surface area contributed by atoms with Crippen molar-refractivity contribution in [1.29, 1.82) is 0 Å². The summed E-state index contributed by atoms with van der Waals surface area (Å²) in [6.07, 6.45) is 4.36. The third-order valence-electron chi connectivity index (χ3n) is 6.33. The second kappa shape index (κ2) is 14.9. The van der Waals surface area contributed by atoms with E-state index in [0.717, 1.165) is 51.9 Å². The van der Waals surface area contributed by atoms with E-state index in [0.29, 0.717) is 35.1 Å².